The van der Waals surface area contributed by atoms with Crippen LogP contribution < -0.4 is 9.47 Å². The van der Waals surface area contributed by atoms with Gasteiger partial charge in [0, 0.05) is 49.5 Å². The normalized spacial score (nSPS) is 14.5. The maximum atomic E-state index is 13.0. The van der Waals surface area contributed by atoms with Gasteiger partial charge in [-0.1, -0.05) is 18.2 Å². The Hall–Kier alpha value is -3.46. The highest BCUT2D eigenvalue weighted by atomic mass is 19.3. The molecule has 1 saturated heterocycles. The number of nitrogens with zero attached hydrogens (tertiary/aromatic N) is 4. The Kier molecular flexibility index (Phi) is 7.12. The Morgan fingerprint density at radius 2 is 1.74 bits per heavy atom. The Labute approximate surface area is 197 Å². The van der Waals surface area contributed by atoms with E-state index in [0.29, 0.717) is 18.7 Å². The van der Waals surface area contributed by atoms with E-state index >= 15 is 0 Å². The summed E-state index contributed by atoms with van der Waals surface area (Å²) in [6.07, 6.45) is 0. The highest BCUT2D eigenvalue weighted by Gasteiger charge is 2.25. The zero-order chi connectivity index (χ0) is 24.2. The first kappa shape index (κ1) is 23.7. The topological polar surface area (TPSA) is 59.8 Å². The number of amides is 1. The minimum absolute atomic E-state index is 0.0966. The highest BCUT2D eigenvalue weighted by molar-refractivity contribution is 5.95. The molecule has 0 spiro atoms. The number of ether oxygens (including phenoxy) is 2. The molecule has 0 saturated carbocycles. The lowest BCUT2D eigenvalue weighted by Crippen LogP contribution is -2.48. The third-order valence-electron chi connectivity index (χ3n) is 6.11. The number of methoxy groups -OCH3 is 1. The van der Waals surface area contributed by atoms with Gasteiger partial charge in [0.1, 0.15) is 0 Å². The first-order chi connectivity index (χ1) is 16.4. The van der Waals surface area contributed by atoms with Crippen LogP contribution >= 0.6 is 0 Å². The molecule has 0 bridgehead atoms. The number of piperazine rings is 1. The molecule has 1 aliphatic rings. The maximum absolute atomic E-state index is 13.0. The first-order valence-corrected chi connectivity index (χ1v) is 11.1. The minimum Gasteiger partial charge on any atom is -0.493 e. The predicted octanol–water partition coefficient (Wildman–Crippen LogP) is 4.06. The maximum Gasteiger partial charge on any atom is 0.387 e. The second-order valence-electron chi connectivity index (χ2n) is 8.21. The summed E-state index contributed by atoms with van der Waals surface area (Å²) in [6.45, 7) is 4.50. The van der Waals surface area contributed by atoms with E-state index in [1.165, 1.54) is 30.9 Å². The molecule has 1 aromatic heterocycles. The van der Waals surface area contributed by atoms with Crippen LogP contribution in [0.3, 0.4) is 0 Å². The first-order valence-electron chi connectivity index (χ1n) is 11.1. The molecule has 1 fully saturated rings. The number of hydrogen-bond acceptors (Lipinski definition) is 5. The number of halogens is 2. The summed E-state index contributed by atoms with van der Waals surface area (Å²) < 4.78 is 36.6. The van der Waals surface area contributed by atoms with Crippen LogP contribution in [0.2, 0.25) is 0 Å². The van der Waals surface area contributed by atoms with Crippen molar-refractivity contribution in [1.82, 2.24) is 19.6 Å². The summed E-state index contributed by atoms with van der Waals surface area (Å²) in [7, 11) is 1.35. The van der Waals surface area contributed by atoms with E-state index in [1.807, 2.05) is 41.9 Å². The zero-order valence-electron chi connectivity index (χ0n) is 19.5. The molecule has 0 radical (unpaired) electrons. The third-order valence-corrected chi connectivity index (χ3v) is 6.11. The number of rotatable bonds is 7. The number of para-hydroxylation sites is 1. The molecule has 0 N–H and O–H groups in total. The quantitative estimate of drug-likeness (QED) is 0.521. The van der Waals surface area contributed by atoms with Crippen molar-refractivity contribution >= 4 is 5.91 Å². The van der Waals surface area contributed by atoms with Crippen LogP contribution in [0.5, 0.6) is 11.5 Å². The van der Waals surface area contributed by atoms with Gasteiger partial charge in [-0.25, -0.2) is 4.68 Å². The summed E-state index contributed by atoms with van der Waals surface area (Å²) in [5.74, 6) is -0.155. The largest absolute Gasteiger partial charge is 0.493 e. The molecule has 2 aromatic carbocycles. The summed E-state index contributed by atoms with van der Waals surface area (Å²) in [5, 5.41) is 4.73. The van der Waals surface area contributed by atoms with Crippen LogP contribution in [-0.2, 0) is 6.54 Å². The van der Waals surface area contributed by atoms with Crippen LogP contribution in [0, 0.1) is 13.8 Å². The molecule has 0 atom stereocenters. The lowest BCUT2D eigenvalue weighted by molar-refractivity contribution is -0.0512. The summed E-state index contributed by atoms with van der Waals surface area (Å²) in [6, 6.07) is 14.3. The molecule has 0 unspecified atom stereocenters. The van der Waals surface area contributed by atoms with E-state index in [2.05, 4.69) is 16.6 Å². The molecule has 3 aromatic rings. The zero-order valence-corrected chi connectivity index (χ0v) is 19.5. The molecule has 34 heavy (non-hydrogen) atoms. The molecular weight excluding hydrogens is 442 g/mol. The fraction of sp³-hybridized carbons (Fsp3) is 0.360. The van der Waals surface area contributed by atoms with Gasteiger partial charge in [-0.15, -0.1) is 0 Å². The molecule has 7 nitrogen and oxygen atoms in total. The third kappa shape index (κ3) is 5.04. The number of aryl methyl sites for hydroxylation is 1. The molecular formula is C25H28F2N4O3. The summed E-state index contributed by atoms with van der Waals surface area (Å²) >= 11 is 0. The van der Waals surface area contributed by atoms with Crippen molar-refractivity contribution in [2.75, 3.05) is 33.3 Å². The van der Waals surface area contributed by atoms with E-state index in [0.717, 1.165) is 36.7 Å². The van der Waals surface area contributed by atoms with E-state index < -0.39 is 6.61 Å². The van der Waals surface area contributed by atoms with Gasteiger partial charge in [-0.3, -0.25) is 9.69 Å². The molecule has 1 amide bonds. The minimum atomic E-state index is -2.96. The molecule has 180 valence electrons. The van der Waals surface area contributed by atoms with Gasteiger partial charge in [0.05, 0.1) is 18.5 Å². The van der Waals surface area contributed by atoms with Crippen LogP contribution in [0.25, 0.3) is 5.69 Å². The number of carbonyl (C=O) groups excluding carboxylic acids is 1. The van der Waals surface area contributed by atoms with Crippen LogP contribution in [0.4, 0.5) is 8.78 Å². The predicted molar refractivity (Wildman–Crippen MR) is 124 cm³/mol. The molecule has 1 aliphatic heterocycles. The average Bonchev–Trinajstić information content (AvgIpc) is 3.13. The monoisotopic (exact) mass is 470 g/mol. The number of carbonyl (C=O) groups is 1. The van der Waals surface area contributed by atoms with E-state index in [1.54, 1.807) is 4.90 Å². The van der Waals surface area contributed by atoms with Crippen molar-refractivity contribution in [3.63, 3.8) is 0 Å². The van der Waals surface area contributed by atoms with Gasteiger partial charge in [-0.05, 0) is 44.2 Å². The number of benzene rings is 2. The van der Waals surface area contributed by atoms with Gasteiger partial charge >= 0.3 is 6.61 Å². The van der Waals surface area contributed by atoms with E-state index in [4.69, 9.17) is 9.84 Å². The van der Waals surface area contributed by atoms with Crippen molar-refractivity contribution in [2.45, 2.75) is 27.0 Å². The van der Waals surface area contributed by atoms with Gasteiger partial charge < -0.3 is 14.4 Å². The standard InChI is InChI=1S/C25H28F2N4O3/c1-17-21(18(2)31(28-17)20-7-5-4-6-8-20)16-29-11-13-30(14-12-29)24(32)19-9-10-22(34-25(26)27)23(15-19)33-3/h4-10,15,25H,11-14,16H2,1-3H3. The smallest absolute Gasteiger partial charge is 0.387 e. The second kappa shape index (κ2) is 10.2. The van der Waals surface area contributed by atoms with Crippen molar-refractivity contribution < 1.29 is 23.0 Å². The Bertz CT molecular complexity index is 1140. The summed E-state index contributed by atoms with van der Waals surface area (Å²) in [4.78, 5) is 17.1. The van der Waals surface area contributed by atoms with Crippen molar-refractivity contribution in [3.8, 4) is 17.2 Å². The fourth-order valence-corrected chi connectivity index (χ4v) is 4.23. The number of alkyl halides is 2. The van der Waals surface area contributed by atoms with Crippen LogP contribution in [-0.4, -0.2) is 65.4 Å². The Balaban J connectivity index is 1.39. The number of aromatic nitrogens is 2. The van der Waals surface area contributed by atoms with Gasteiger partial charge in [-0.2, -0.15) is 13.9 Å². The van der Waals surface area contributed by atoms with Gasteiger partial charge in [0.15, 0.2) is 11.5 Å². The Morgan fingerprint density at radius 1 is 1.03 bits per heavy atom. The Morgan fingerprint density at radius 3 is 2.38 bits per heavy atom. The molecule has 9 heteroatoms. The highest BCUT2D eigenvalue weighted by Crippen LogP contribution is 2.30. The van der Waals surface area contributed by atoms with E-state index in [-0.39, 0.29) is 17.4 Å². The summed E-state index contributed by atoms with van der Waals surface area (Å²) in [5.41, 5.74) is 4.72. The second-order valence-corrected chi connectivity index (χ2v) is 8.21. The molecule has 2 heterocycles. The fourth-order valence-electron chi connectivity index (χ4n) is 4.23. The van der Waals surface area contributed by atoms with Crippen LogP contribution in [0.15, 0.2) is 48.5 Å². The lowest BCUT2D eigenvalue weighted by atomic mass is 10.1. The molecule has 0 aliphatic carbocycles. The van der Waals surface area contributed by atoms with E-state index in [9.17, 15) is 13.6 Å². The average molecular weight is 471 g/mol. The lowest BCUT2D eigenvalue weighted by Gasteiger charge is -2.35. The van der Waals surface area contributed by atoms with Crippen molar-refractivity contribution in [2.24, 2.45) is 0 Å². The molecule has 4 rings (SSSR count). The number of hydrogen-bond donors (Lipinski definition) is 0. The van der Waals surface area contributed by atoms with Crippen molar-refractivity contribution in [3.05, 3.63) is 71.0 Å². The van der Waals surface area contributed by atoms with Gasteiger partial charge in [0.2, 0.25) is 0 Å². The van der Waals surface area contributed by atoms with Gasteiger partial charge in [0.25, 0.3) is 5.91 Å². The van der Waals surface area contributed by atoms with Crippen LogP contribution in [0.1, 0.15) is 27.3 Å². The SMILES string of the molecule is COc1cc(C(=O)N2CCN(Cc3c(C)nn(-c4ccccc4)c3C)CC2)ccc1OC(F)F. The van der Waals surface area contributed by atoms with Crippen molar-refractivity contribution in [1.29, 1.82) is 0 Å².